The van der Waals surface area contributed by atoms with Crippen molar-refractivity contribution in [3.8, 4) is 0 Å². The zero-order chi connectivity index (χ0) is 18.6. The molecule has 4 N–H and O–H groups in total. The largest absolute Gasteiger partial charge is 0.322 e. The monoisotopic (exact) mass is 376 g/mol. The molecule has 1 aliphatic rings. The molecular weight excluding hydrogens is 354 g/mol. The molecule has 2 unspecified atom stereocenters. The van der Waals surface area contributed by atoms with E-state index in [9.17, 15) is 22.0 Å². The van der Waals surface area contributed by atoms with Crippen molar-refractivity contribution in [2.75, 3.05) is 25.0 Å². The Morgan fingerprint density at radius 1 is 1.44 bits per heavy atom. The van der Waals surface area contributed by atoms with Gasteiger partial charge >= 0.3 is 0 Å². The molecule has 1 amide bonds. The van der Waals surface area contributed by atoms with Gasteiger partial charge in [0.05, 0.1) is 11.7 Å². The van der Waals surface area contributed by atoms with Crippen LogP contribution in [0, 0.1) is 17.6 Å². The third kappa shape index (κ3) is 5.99. The Labute approximate surface area is 145 Å². The number of benzene rings is 1. The molecule has 25 heavy (non-hydrogen) atoms. The molecule has 1 fully saturated rings. The smallest absolute Gasteiger partial charge is 0.274 e. The Kier molecular flexibility index (Phi) is 6.44. The van der Waals surface area contributed by atoms with Crippen molar-refractivity contribution >= 4 is 21.8 Å². The van der Waals surface area contributed by atoms with Crippen LogP contribution in [0.25, 0.3) is 0 Å². The third-order valence-corrected chi connectivity index (χ3v) is 4.81. The summed E-state index contributed by atoms with van der Waals surface area (Å²) in [6.07, 6.45) is 1.61. The minimum Gasteiger partial charge on any atom is -0.322 e. The summed E-state index contributed by atoms with van der Waals surface area (Å²) in [4.78, 5) is 14.2. The van der Waals surface area contributed by atoms with E-state index < -0.39 is 33.8 Å². The molecule has 0 bridgehead atoms. The lowest BCUT2D eigenvalue weighted by atomic mass is 9.97. The molecular formula is C15H22F2N4O3S. The molecule has 2 atom stereocenters. The topological polar surface area (TPSA) is 105 Å². The van der Waals surface area contributed by atoms with Crippen LogP contribution in [-0.2, 0) is 15.0 Å². The zero-order valence-corrected chi connectivity index (χ0v) is 14.7. The first-order valence-corrected chi connectivity index (χ1v) is 9.47. The maximum Gasteiger partial charge on any atom is 0.274 e. The molecule has 10 heteroatoms. The van der Waals surface area contributed by atoms with E-state index in [1.165, 1.54) is 0 Å². The van der Waals surface area contributed by atoms with E-state index in [4.69, 9.17) is 5.14 Å². The molecule has 1 aromatic carbocycles. The van der Waals surface area contributed by atoms with Crippen LogP contribution in [0.3, 0.4) is 0 Å². The van der Waals surface area contributed by atoms with Crippen LogP contribution < -0.4 is 15.2 Å². The number of hydrogen-bond acceptors (Lipinski definition) is 4. The minimum atomic E-state index is -3.75. The lowest BCUT2D eigenvalue weighted by Crippen LogP contribution is -2.49. The summed E-state index contributed by atoms with van der Waals surface area (Å²) in [6.45, 7) is 3.03. The van der Waals surface area contributed by atoms with Crippen LogP contribution in [-0.4, -0.2) is 44.9 Å². The maximum atomic E-state index is 13.6. The number of rotatable bonds is 6. The summed E-state index contributed by atoms with van der Waals surface area (Å²) in [5.74, 6) is -1.79. The van der Waals surface area contributed by atoms with E-state index in [2.05, 4.69) is 10.0 Å². The molecule has 1 saturated heterocycles. The van der Waals surface area contributed by atoms with Gasteiger partial charge in [-0.15, -0.1) is 0 Å². The Bertz CT molecular complexity index is 729. The normalized spacial score (nSPS) is 20.2. The summed E-state index contributed by atoms with van der Waals surface area (Å²) in [5.41, 5.74) is -0.207. The summed E-state index contributed by atoms with van der Waals surface area (Å²) in [5, 5.41) is 7.32. The quantitative estimate of drug-likeness (QED) is 0.683. The van der Waals surface area contributed by atoms with Gasteiger partial charge in [0.25, 0.3) is 10.2 Å². The molecule has 140 valence electrons. The van der Waals surface area contributed by atoms with Gasteiger partial charge in [-0.25, -0.2) is 18.6 Å². The molecule has 7 nitrogen and oxygen atoms in total. The number of piperidine rings is 1. The average Bonchev–Trinajstić information content (AvgIpc) is 2.55. The van der Waals surface area contributed by atoms with Crippen LogP contribution in [0.15, 0.2) is 18.2 Å². The van der Waals surface area contributed by atoms with Crippen LogP contribution in [0.5, 0.6) is 0 Å². The zero-order valence-electron chi connectivity index (χ0n) is 13.8. The van der Waals surface area contributed by atoms with Crippen LogP contribution in [0.2, 0.25) is 0 Å². The van der Waals surface area contributed by atoms with Gasteiger partial charge in [-0.05, 0) is 44.4 Å². The Balaban J connectivity index is 1.95. The van der Waals surface area contributed by atoms with Crippen molar-refractivity contribution in [1.82, 2.24) is 9.62 Å². The number of nitrogens with two attached hydrogens (primary N) is 1. The molecule has 0 aliphatic carbocycles. The minimum absolute atomic E-state index is 0.0215. The summed E-state index contributed by atoms with van der Waals surface area (Å²) < 4.78 is 51.1. The van der Waals surface area contributed by atoms with Gasteiger partial charge in [0, 0.05) is 19.2 Å². The van der Waals surface area contributed by atoms with Crippen molar-refractivity contribution in [3.63, 3.8) is 0 Å². The number of hydrogen-bond donors (Lipinski definition) is 3. The van der Waals surface area contributed by atoms with Crippen molar-refractivity contribution < 1.29 is 22.0 Å². The van der Waals surface area contributed by atoms with Crippen LogP contribution >= 0.6 is 0 Å². The number of carbonyl (C=O) groups excluding carboxylic acids is 1. The maximum absolute atomic E-state index is 13.6. The fourth-order valence-electron chi connectivity index (χ4n) is 2.85. The predicted molar refractivity (Wildman–Crippen MR) is 89.9 cm³/mol. The average molecular weight is 376 g/mol. The number of carbonyl (C=O) groups is 1. The van der Waals surface area contributed by atoms with E-state index in [1.54, 1.807) is 6.92 Å². The molecule has 2 rings (SSSR count). The van der Waals surface area contributed by atoms with Gasteiger partial charge in [-0.2, -0.15) is 8.42 Å². The van der Waals surface area contributed by atoms with Gasteiger partial charge in [0.1, 0.15) is 11.6 Å². The summed E-state index contributed by atoms with van der Waals surface area (Å²) in [7, 11) is -3.75. The first-order valence-electron chi connectivity index (χ1n) is 7.93. The van der Waals surface area contributed by atoms with E-state index in [0.717, 1.165) is 31.0 Å². The fraction of sp³-hybridized carbons (Fsp3) is 0.533. The number of halogens is 2. The van der Waals surface area contributed by atoms with E-state index in [1.807, 2.05) is 4.90 Å². The molecule has 1 aromatic rings. The van der Waals surface area contributed by atoms with Gasteiger partial charge in [-0.3, -0.25) is 9.69 Å². The lowest BCUT2D eigenvalue weighted by molar-refractivity contribution is -0.121. The number of nitrogens with zero attached hydrogens (tertiary/aromatic N) is 1. The standard InChI is InChI=1S/C15H22F2N4O3S/c1-10(15(22)20-14-7-12(16)4-5-13(14)17)21-6-2-3-11(9-21)8-19-25(18,23)24/h4-5,7,10-11,19H,2-3,6,8-9H2,1H3,(H,20,22)(H2,18,23,24). The van der Waals surface area contributed by atoms with E-state index in [-0.39, 0.29) is 18.2 Å². The highest BCUT2D eigenvalue weighted by Crippen LogP contribution is 2.20. The van der Waals surface area contributed by atoms with Gasteiger partial charge < -0.3 is 5.32 Å². The van der Waals surface area contributed by atoms with Gasteiger partial charge in [0.15, 0.2) is 0 Å². The molecule has 1 aliphatic heterocycles. The highest BCUT2D eigenvalue weighted by atomic mass is 32.2. The summed E-state index contributed by atoms with van der Waals surface area (Å²) in [6, 6.07) is 2.28. The molecule has 0 spiro atoms. The number of anilines is 1. The number of amides is 1. The second kappa shape index (κ2) is 8.17. The SMILES string of the molecule is CC(C(=O)Nc1cc(F)ccc1F)N1CCCC(CNS(N)(=O)=O)C1. The van der Waals surface area contributed by atoms with E-state index in [0.29, 0.717) is 13.1 Å². The van der Waals surface area contributed by atoms with Crippen molar-refractivity contribution in [2.24, 2.45) is 11.1 Å². The summed E-state index contributed by atoms with van der Waals surface area (Å²) >= 11 is 0. The van der Waals surface area contributed by atoms with Crippen LogP contribution in [0.4, 0.5) is 14.5 Å². The Morgan fingerprint density at radius 3 is 2.84 bits per heavy atom. The third-order valence-electron chi connectivity index (χ3n) is 4.24. The van der Waals surface area contributed by atoms with Crippen molar-refractivity contribution in [2.45, 2.75) is 25.8 Å². The predicted octanol–water partition coefficient (Wildman–Crippen LogP) is 0.797. The first kappa shape index (κ1) is 19.7. The van der Waals surface area contributed by atoms with Crippen molar-refractivity contribution in [3.05, 3.63) is 29.8 Å². The Hall–Kier alpha value is -1.62. The molecule has 0 saturated carbocycles. The highest BCUT2D eigenvalue weighted by molar-refractivity contribution is 7.87. The first-order chi connectivity index (χ1) is 11.7. The number of nitrogens with one attached hydrogen (secondary N) is 2. The second-order valence-electron chi connectivity index (χ2n) is 6.19. The lowest BCUT2D eigenvalue weighted by Gasteiger charge is -2.36. The number of likely N-dealkylation sites (tertiary alicyclic amines) is 1. The van der Waals surface area contributed by atoms with Gasteiger partial charge in [0.2, 0.25) is 5.91 Å². The molecule has 0 aromatic heterocycles. The highest BCUT2D eigenvalue weighted by Gasteiger charge is 2.28. The Morgan fingerprint density at radius 2 is 2.16 bits per heavy atom. The second-order valence-corrected chi connectivity index (χ2v) is 7.56. The van der Waals surface area contributed by atoms with Crippen molar-refractivity contribution in [1.29, 1.82) is 0 Å². The molecule has 1 heterocycles. The van der Waals surface area contributed by atoms with E-state index >= 15 is 0 Å². The molecule has 0 radical (unpaired) electrons. The fourth-order valence-corrected chi connectivity index (χ4v) is 3.31. The van der Waals surface area contributed by atoms with Gasteiger partial charge in [-0.1, -0.05) is 0 Å². The van der Waals surface area contributed by atoms with Crippen LogP contribution in [0.1, 0.15) is 19.8 Å².